The molecular weight excluding hydrogens is 417 g/mol. The van der Waals surface area contributed by atoms with Crippen molar-refractivity contribution in [1.82, 2.24) is 0 Å². The SMILES string of the molecule is CCOCc1ccc(CN=C(N)Nc2ccccc2OC)cc1.I. The summed E-state index contributed by atoms with van der Waals surface area (Å²) in [5, 5.41) is 3.05. The number of methoxy groups -OCH3 is 1. The summed E-state index contributed by atoms with van der Waals surface area (Å²) in [7, 11) is 1.62. The van der Waals surface area contributed by atoms with Crippen LogP contribution in [0.15, 0.2) is 53.5 Å². The summed E-state index contributed by atoms with van der Waals surface area (Å²) in [5.41, 5.74) is 8.98. The third-order valence-corrected chi connectivity index (χ3v) is 3.30. The van der Waals surface area contributed by atoms with Gasteiger partial charge in [-0.3, -0.25) is 0 Å². The Hall–Kier alpha value is -1.80. The standard InChI is InChI=1S/C18H23N3O2.HI/c1-3-23-13-15-10-8-14(9-11-15)12-20-18(19)21-16-6-4-5-7-17(16)22-2;/h4-11H,3,12-13H2,1-2H3,(H3,19,20,21);1H. The summed E-state index contributed by atoms with van der Waals surface area (Å²) < 4.78 is 10.6. The number of nitrogens with one attached hydrogen (secondary N) is 1. The van der Waals surface area contributed by atoms with Crippen LogP contribution in [0.3, 0.4) is 0 Å². The maximum absolute atomic E-state index is 5.94. The molecule has 6 heteroatoms. The van der Waals surface area contributed by atoms with E-state index < -0.39 is 0 Å². The van der Waals surface area contributed by atoms with Gasteiger partial charge < -0.3 is 20.5 Å². The van der Waals surface area contributed by atoms with Gasteiger partial charge in [-0.05, 0) is 30.2 Å². The van der Waals surface area contributed by atoms with E-state index >= 15 is 0 Å². The molecule has 0 saturated heterocycles. The quantitative estimate of drug-likeness (QED) is 0.390. The number of halogens is 1. The van der Waals surface area contributed by atoms with Crippen LogP contribution in [0.25, 0.3) is 0 Å². The highest BCUT2D eigenvalue weighted by Crippen LogP contribution is 2.22. The Kier molecular flexibility index (Phi) is 9.18. The van der Waals surface area contributed by atoms with Crippen molar-refractivity contribution in [3.63, 3.8) is 0 Å². The van der Waals surface area contributed by atoms with E-state index in [9.17, 15) is 0 Å². The zero-order valence-electron chi connectivity index (χ0n) is 14.0. The fourth-order valence-corrected chi connectivity index (χ4v) is 2.06. The number of nitrogens with two attached hydrogens (primary N) is 1. The van der Waals surface area contributed by atoms with Gasteiger partial charge in [0, 0.05) is 6.61 Å². The van der Waals surface area contributed by atoms with Crippen molar-refractivity contribution in [2.75, 3.05) is 19.0 Å². The molecule has 0 saturated carbocycles. The average Bonchev–Trinajstić information content (AvgIpc) is 2.59. The van der Waals surface area contributed by atoms with Crippen LogP contribution in [-0.4, -0.2) is 19.7 Å². The molecule has 0 bridgehead atoms. The topological polar surface area (TPSA) is 68.9 Å². The van der Waals surface area contributed by atoms with Gasteiger partial charge in [-0.15, -0.1) is 24.0 Å². The van der Waals surface area contributed by atoms with Gasteiger partial charge in [0.15, 0.2) is 5.96 Å². The lowest BCUT2D eigenvalue weighted by Gasteiger charge is -2.10. The predicted molar refractivity (Wildman–Crippen MR) is 109 cm³/mol. The summed E-state index contributed by atoms with van der Waals surface area (Å²) >= 11 is 0. The van der Waals surface area contributed by atoms with Crippen LogP contribution in [0.2, 0.25) is 0 Å². The highest BCUT2D eigenvalue weighted by atomic mass is 127. The van der Waals surface area contributed by atoms with E-state index in [1.54, 1.807) is 7.11 Å². The minimum absolute atomic E-state index is 0. The Morgan fingerprint density at radius 3 is 2.42 bits per heavy atom. The van der Waals surface area contributed by atoms with Gasteiger partial charge in [0.05, 0.1) is 25.9 Å². The highest BCUT2D eigenvalue weighted by Gasteiger charge is 2.02. The van der Waals surface area contributed by atoms with Gasteiger partial charge in [-0.2, -0.15) is 0 Å². The van der Waals surface area contributed by atoms with Gasteiger partial charge in [0.2, 0.25) is 0 Å². The van der Waals surface area contributed by atoms with Crippen LogP contribution in [0.1, 0.15) is 18.1 Å². The van der Waals surface area contributed by atoms with Gasteiger partial charge >= 0.3 is 0 Å². The third-order valence-electron chi connectivity index (χ3n) is 3.30. The lowest BCUT2D eigenvalue weighted by molar-refractivity contribution is 0.134. The number of anilines is 1. The number of ether oxygens (including phenoxy) is 2. The van der Waals surface area contributed by atoms with Crippen LogP contribution >= 0.6 is 24.0 Å². The molecule has 3 N–H and O–H groups in total. The minimum atomic E-state index is 0. The molecule has 0 amide bonds. The van der Waals surface area contributed by atoms with E-state index in [2.05, 4.69) is 10.3 Å². The van der Waals surface area contributed by atoms with Crippen LogP contribution in [-0.2, 0) is 17.9 Å². The first-order valence-electron chi connectivity index (χ1n) is 7.58. The van der Waals surface area contributed by atoms with Gasteiger partial charge in [0.1, 0.15) is 5.75 Å². The number of hydrogen-bond donors (Lipinski definition) is 2. The molecule has 130 valence electrons. The number of guanidine groups is 1. The first kappa shape index (κ1) is 20.2. The molecule has 0 fully saturated rings. The second-order valence-electron chi connectivity index (χ2n) is 4.98. The molecule has 0 aromatic heterocycles. The lowest BCUT2D eigenvalue weighted by atomic mass is 10.1. The van der Waals surface area contributed by atoms with E-state index in [0.717, 1.165) is 29.2 Å². The van der Waals surface area contributed by atoms with Crippen LogP contribution in [0.5, 0.6) is 5.75 Å². The number of para-hydroxylation sites is 2. The maximum Gasteiger partial charge on any atom is 0.193 e. The van der Waals surface area contributed by atoms with Gasteiger partial charge in [0.25, 0.3) is 0 Å². The van der Waals surface area contributed by atoms with Gasteiger partial charge in [-0.1, -0.05) is 36.4 Å². The van der Waals surface area contributed by atoms with Crippen molar-refractivity contribution >= 4 is 35.6 Å². The van der Waals surface area contributed by atoms with Crippen molar-refractivity contribution in [2.24, 2.45) is 10.7 Å². The molecule has 0 aliphatic heterocycles. The number of aliphatic imine (C=N–C) groups is 1. The second-order valence-corrected chi connectivity index (χ2v) is 4.98. The smallest absolute Gasteiger partial charge is 0.193 e. The number of benzene rings is 2. The van der Waals surface area contributed by atoms with Crippen molar-refractivity contribution in [3.8, 4) is 5.75 Å². The van der Waals surface area contributed by atoms with Crippen LogP contribution < -0.4 is 15.8 Å². The Labute approximate surface area is 160 Å². The molecule has 24 heavy (non-hydrogen) atoms. The molecule has 2 aromatic rings. The first-order valence-corrected chi connectivity index (χ1v) is 7.58. The molecule has 2 aromatic carbocycles. The predicted octanol–water partition coefficient (Wildman–Crippen LogP) is 3.78. The maximum atomic E-state index is 5.94. The molecular formula is C18H24IN3O2. The molecule has 0 atom stereocenters. The molecule has 2 rings (SSSR count). The molecule has 0 radical (unpaired) electrons. The van der Waals surface area contributed by atoms with Crippen LogP contribution in [0, 0.1) is 0 Å². The molecule has 0 aliphatic rings. The number of nitrogens with zero attached hydrogens (tertiary/aromatic N) is 1. The highest BCUT2D eigenvalue weighted by molar-refractivity contribution is 14.0. The molecule has 5 nitrogen and oxygen atoms in total. The van der Waals surface area contributed by atoms with E-state index in [1.165, 1.54) is 0 Å². The third kappa shape index (κ3) is 6.37. The zero-order chi connectivity index (χ0) is 16.5. The van der Waals surface area contributed by atoms with Crippen molar-refractivity contribution in [1.29, 1.82) is 0 Å². The van der Waals surface area contributed by atoms with Crippen molar-refractivity contribution < 1.29 is 9.47 Å². The van der Waals surface area contributed by atoms with Crippen LogP contribution in [0.4, 0.5) is 5.69 Å². The van der Waals surface area contributed by atoms with E-state index in [-0.39, 0.29) is 24.0 Å². The molecule has 0 aliphatic carbocycles. The fraction of sp³-hybridized carbons (Fsp3) is 0.278. The Balaban J connectivity index is 0.00000288. The number of hydrogen-bond acceptors (Lipinski definition) is 3. The van der Waals surface area contributed by atoms with Crippen molar-refractivity contribution in [3.05, 3.63) is 59.7 Å². The fourth-order valence-electron chi connectivity index (χ4n) is 2.06. The Bertz CT molecular complexity index is 645. The van der Waals surface area contributed by atoms with E-state index in [4.69, 9.17) is 15.2 Å². The van der Waals surface area contributed by atoms with E-state index in [1.807, 2.05) is 55.5 Å². The summed E-state index contributed by atoms with van der Waals surface area (Å²) in [6, 6.07) is 15.7. The van der Waals surface area contributed by atoms with Crippen molar-refractivity contribution in [2.45, 2.75) is 20.1 Å². The monoisotopic (exact) mass is 441 g/mol. The van der Waals surface area contributed by atoms with Gasteiger partial charge in [-0.25, -0.2) is 4.99 Å². The summed E-state index contributed by atoms with van der Waals surface area (Å²) in [6.45, 7) is 3.86. The molecule has 0 unspecified atom stereocenters. The Morgan fingerprint density at radius 2 is 1.75 bits per heavy atom. The van der Waals surface area contributed by atoms with E-state index in [0.29, 0.717) is 19.1 Å². The molecule has 0 spiro atoms. The largest absolute Gasteiger partial charge is 0.495 e. The summed E-state index contributed by atoms with van der Waals surface area (Å²) in [4.78, 5) is 4.35. The second kappa shape index (κ2) is 10.9. The minimum Gasteiger partial charge on any atom is -0.495 e. The lowest BCUT2D eigenvalue weighted by Crippen LogP contribution is -2.22. The Morgan fingerprint density at radius 1 is 1.08 bits per heavy atom. The molecule has 0 heterocycles. The zero-order valence-corrected chi connectivity index (χ0v) is 16.3. The summed E-state index contributed by atoms with van der Waals surface area (Å²) in [5.74, 6) is 1.08. The average molecular weight is 441 g/mol. The summed E-state index contributed by atoms with van der Waals surface area (Å²) in [6.07, 6.45) is 0. The normalized spacial score (nSPS) is 10.8. The first-order chi connectivity index (χ1) is 11.2. The number of rotatable bonds is 7.